The fraction of sp³-hybridized carbons (Fsp3) is 0.308. The molecule has 0 aliphatic carbocycles. The average molecular weight is 691 g/mol. The lowest BCUT2D eigenvalue weighted by molar-refractivity contribution is 0.122. The van der Waals surface area contributed by atoms with Crippen molar-refractivity contribution in [2.75, 3.05) is 64.3 Å². The Hall–Kier alpha value is -4.84. The summed E-state index contributed by atoms with van der Waals surface area (Å²) in [4.78, 5) is 20.8. The quantitative estimate of drug-likeness (QED) is 0.137. The molecule has 50 heavy (non-hydrogen) atoms. The van der Waals surface area contributed by atoms with Gasteiger partial charge in [-0.2, -0.15) is 0 Å². The van der Waals surface area contributed by atoms with Crippen molar-refractivity contribution in [2.45, 2.75) is 35.8 Å². The molecule has 1 saturated heterocycles. The van der Waals surface area contributed by atoms with E-state index in [4.69, 9.17) is 23.9 Å². The number of nitrogens with one attached hydrogen (secondary N) is 1. The molecule has 1 N–H and O–H groups in total. The summed E-state index contributed by atoms with van der Waals surface area (Å²) in [5.41, 5.74) is 6.61. The molecular weight excluding hydrogens is 649 g/mol. The number of ether oxygens (including phenoxy) is 4. The summed E-state index contributed by atoms with van der Waals surface area (Å²) in [5.74, 6) is 2.96. The van der Waals surface area contributed by atoms with Gasteiger partial charge in [-0.15, -0.1) is 0 Å². The number of methoxy groups -OCH3 is 1. The van der Waals surface area contributed by atoms with E-state index < -0.39 is 0 Å². The van der Waals surface area contributed by atoms with Crippen LogP contribution in [0, 0.1) is 6.92 Å². The highest BCUT2D eigenvalue weighted by molar-refractivity contribution is 7.99. The summed E-state index contributed by atoms with van der Waals surface area (Å²) in [6.07, 6.45) is 4.58. The minimum Gasteiger partial charge on any atom is -0.497 e. The molecular formula is C39H42N6O4S. The minimum absolute atomic E-state index is 0.0166. The van der Waals surface area contributed by atoms with Crippen LogP contribution >= 0.6 is 11.8 Å². The molecule has 2 aromatic heterocycles. The van der Waals surface area contributed by atoms with Gasteiger partial charge in [0.15, 0.2) is 5.75 Å². The van der Waals surface area contributed by atoms with E-state index in [2.05, 4.69) is 75.6 Å². The third kappa shape index (κ3) is 7.96. The highest BCUT2D eigenvalue weighted by Gasteiger charge is 2.25. The van der Waals surface area contributed by atoms with E-state index in [1.54, 1.807) is 18.9 Å². The summed E-state index contributed by atoms with van der Waals surface area (Å²) < 4.78 is 23.9. The molecule has 0 saturated carbocycles. The maximum Gasteiger partial charge on any atom is 0.216 e. The number of fused-ring (bicyclic) bond motifs is 2. The maximum absolute atomic E-state index is 6.67. The zero-order chi connectivity index (χ0) is 34.5. The van der Waals surface area contributed by atoms with Crippen LogP contribution in [0.3, 0.4) is 0 Å². The number of anilines is 2. The Labute approximate surface area is 297 Å². The van der Waals surface area contributed by atoms with Crippen LogP contribution in [-0.2, 0) is 11.3 Å². The van der Waals surface area contributed by atoms with Gasteiger partial charge < -0.3 is 34.1 Å². The fourth-order valence-corrected chi connectivity index (χ4v) is 6.97. The molecule has 1 unspecified atom stereocenters. The second kappa shape index (κ2) is 15.4. The Morgan fingerprint density at radius 1 is 0.960 bits per heavy atom. The van der Waals surface area contributed by atoms with Crippen LogP contribution in [0.15, 0.2) is 95.0 Å². The molecule has 3 aromatic carbocycles. The molecule has 11 heteroatoms. The number of aryl methyl sites for hydroxylation is 1. The number of aromatic nitrogens is 3. The second-order valence-electron chi connectivity index (χ2n) is 12.7. The van der Waals surface area contributed by atoms with E-state index >= 15 is 0 Å². The Balaban J connectivity index is 1.15. The van der Waals surface area contributed by atoms with Crippen molar-refractivity contribution in [2.24, 2.45) is 0 Å². The van der Waals surface area contributed by atoms with Gasteiger partial charge in [0.2, 0.25) is 5.88 Å². The van der Waals surface area contributed by atoms with Gasteiger partial charge in [0.05, 0.1) is 59.4 Å². The monoisotopic (exact) mass is 690 g/mol. The minimum atomic E-state index is 0.0166. The van der Waals surface area contributed by atoms with Crippen LogP contribution in [0.5, 0.6) is 23.1 Å². The molecule has 7 rings (SSSR count). The van der Waals surface area contributed by atoms with Gasteiger partial charge in [0.25, 0.3) is 0 Å². The molecule has 4 heterocycles. The third-order valence-corrected chi connectivity index (χ3v) is 9.78. The van der Waals surface area contributed by atoms with Gasteiger partial charge in [-0.3, -0.25) is 9.97 Å². The van der Waals surface area contributed by atoms with Crippen LogP contribution in [0.1, 0.15) is 29.4 Å². The van der Waals surface area contributed by atoms with Gasteiger partial charge in [0.1, 0.15) is 18.1 Å². The lowest BCUT2D eigenvalue weighted by atomic mass is 10.1. The molecule has 0 spiro atoms. The van der Waals surface area contributed by atoms with E-state index in [-0.39, 0.29) is 6.04 Å². The van der Waals surface area contributed by atoms with E-state index in [1.165, 1.54) is 0 Å². The molecule has 258 valence electrons. The number of benzene rings is 3. The number of morpholine rings is 1. The number of hydrogen-bond acceptors (Lipinski definition) is 11. The zero-order valence-electron chi connectivity index (χ0n) is 28.9. The number of pyridine rings is 1. The Bertz CT molecular complexity index is 1920. The van der Waals surface area contributed by atoms with Crippen LogP contribution in [0.4, 0.5) is 11.4 Å². The first-order valence-corrected chi connectivity index (χ1v) is 17.7. The molecule has 2 aliphatic rings. The van der Waals surface area contributed by atoms with Crippen molar-refractivity contribution in [1.29, 1.82) is 0 Å². The van der Waals surface area contributed by atoms with Crippen LogP contribution < -0.4 is 24.4 Å². The van der Waals surface area contributed by atoms with Crippen molar-refractivity contribution in [1.82, 2.24) is 19.9 Å². The zero-order valence-corrected chi connectivity index (χ0v) is 29.7. The predicted octanol–water partition coefficient (Wildman–Crippen LogP) is 7.63. The normalized spacial score (nSPS) is 14.4. The van der Waals surface area contributed by atoms with Crippen molar-refractivity contribution in [3.05, 3.63) is 102 Å². The average Bonchev–Trinajstić information content (AvgIpc) is 3.15. The van der Waals surface area contributed by atoms with Crippen molar-refractivity contribution < 1.29 is 18.9 Å². The Morgan fingerprint density at radius 2 is 1.80 bits per heavy atom. The predicted molar refractivity (Wildman–Crippen MR) is 197 cm³/mol. The van der Waals surface area contributed by atoms with Gasteiger partial charge in [-0.25, -0.2) is 4.98 Å². The largest absolute Gasteiger partial charge is 0.497 e. The second-order valence-corrected chi connectivity index (χ2v) is 13.7. The first-order valence-electron chi connectivity index (χ1n) is 16.9. The Morgan fingerprint density at radius 3 is 2.56 bits per heavy atom. The topological polar surface area (TPSA) is 94.1 Å². The first-order chi connectivity index (χ1) is 24.4. The van der Waals surface area contributed by atoms with Crippen LogP contribution in [0.25, 0.3) is 11.3 Å². The highest BCUT2D eigenvalue weighted by atomic mass is 32.2. The van der Waals surface area contributed by atoms with E-state index in [1.807, 2.05) is 55.7 Å². The van der Waals surface area contributed by atoms with Crippen LogP contribution in [-0.4, -0.2) is 73.9 Å². The van der Waals surface area contributed by atoms with Crippen LogP contribution in [0.2, 0.25) is 0 Å². The first kappa shape index (κ1) is 33.6. The Kier molecular flexibility index (Phi) is 10.3. The SMILES string of the molecule is COc1ccc(COc2cc(N3CCOCC3)cc(-c3cccc4c3Oc3ccc(NC(CCN(C)C)c5cnc(C)cn5)cc3S4)n2)cc1. The molecule has 1 atom stereocenters. The summed E-state index contributed by atoms with van der Waals surface area (Å²) >= 11 is 1.70. The highest BCUT2D eigenvalue weighted by Crippen LogP contribution is 2.51. The lowest BCUT2D eigenvalue weighted by Gasteiger charge is -2.29. The van der Waals surface area contributed by atoms with E-state index in [0.717, 1.165) is 92.7 Å². The van der Waals surface area contributed by atoms with E-state index in [0.29, 0.717) is 25.7 Å². The smallest absolute Gasteiger partial charge is 0.216 e. The van der Waals surface area contributed by atoms with Gasteiger partial charge in [-0.05, 0) is 88.1 Å². The molecule has 10 nitrogen and oxygen atoms in total. The molecule has 0 amide bonds. The molecule has 0 radical (unpaired) electrons. The van der Waals surface area contributed by atoms with Gasteiger partial charge in [-0.1, -0.05) is 30.0 Å². The van der Waals surface area contributed by atoms with Gasteiger partial charge >= 0.3 is 0 Å². The van der Waals surface area contributed by atoms with Gasteiger partial charge in [0, 0.05) is 42.3 Å². The number of para-hydroxylation sites is 1. The van der Waals surface area contributed by atoms with E-state index in [9.17, 15) is 0 Å². The van der Waals surface area contributed by atoms with Crippen molar-refractivity contribution >= 4 is 23.1 Å². The van der Waals surface area contributed by atoms with Crippen molar-refractivity contribution in [3.8, 4) is 34.4 Å². The molecule has 0 bridgehead atoms. The van der Waals surface area contributed by atoms with Crippen molar-refractivity contribution in [3.63, 3.8) is 0 Å². The lowest BCUT2D eigenvalue weighted by Crippen LogP contribution is -2.36. The summed E-state index contributed by atoms with van der Waals surface area (Å²) in [6.45, 7) is 6.23. The summed E-state index contributed by atoms with van der Waals surface area (Å²) in [7, 11) is 5.83. The number of rotatable bonds is 12. The maximum atomic E-state index is 6.67. The molecule has 5 aromatic rings. The molecule has 2 aliphatic heterocycles. The number of nitrogens with zero attached hydrogens (tertiary/aromatic N) is 5. The molecule has 1 fully saturated rings. The fourth-order valence-electron chi connectivity index (χ4n) is 5.95. The third-order valence-electron chi connectivity index (χ3n) is 8.70. The number of hydrogen-bond donors (Lipinski definition) is 1. The summed E-state index contributed by atoms with van der Waals surface area (Å²) in [6, 6.07) is 24.5. The standard InChI is InChI=1S/C39H42N6O4S/c1-26-23-41-34(24-40-26)32(14-15-44(2)3)42-28-10-13-35-37(20-28)50-36-7-5-6-31(39(36)49-35)33-21-29(45-16-18-47-19-17-45)22-38(43-33)48-25-27-8-11-30(46-4)12-9-27/h5-13,20-24,32,42H,14-19,25H2,1-4H3. The summed E-state index contributed by atoms with van der Waals surface area (Å²) in [5, 5.41) is 3.71.